The van der Waals surface area contributed by atoms with Gasteiger partial charge in [0, 0.05) is 36.7 Å². The number of fused-ring (bicyclic) bond motifs is 1. The van der Waals surface area contributed by atoms with Gasteiger partial charge in [-0.05, 0) is 61.0 Å². The van der Waals surface area contributed by atoms with E-state index in [-0.39, 0.29) is 17.9 Å². The summed E-state index contributed by atoms with van der Waals surface area (Å²) < 4.78 is 5.40. The Hall–Kier alpha value is -2.91. The Kier molecular flexibility index (Phi) is 6.80. The molecule has 0 bridgehead atoms. The number of hydrogen-bond acceptors (Lipinski definition) is 7. The average molecular weight is 509 g/mol. The molecule has 1 aliphatic carbocycles. The number of hydrogen-bond donors (Lipinski definition) is 1. The van der Waals surface area contributed by atoms with Crippen LogP contribution in [0.4, 0.5) is 17.1 Å². The summed E-state index contributed by atoms with van der Waals surface area (Å²) in [6.07, 6.45) is 5.46. The zero-order valence-electron chi connectivity index (χ0n) is 20.0. The molecule has 2 heterocycles. The fraction of sp³-hybridized carbons (Fsp3) is 0.346. The van der Waals surface area contributed by atoms with Gasteiger partial charge in [0.2, 0.25) is 5.91 Å². The summed E-state index contributed by atoms with van der Waals surface area (Å²) in [7, 11) is 3.66. The summed E-state index contributed by atoms with van der Waals surface area (Å²) in [4.78, 5) is 35.9. The van der Waals surface area contributed by atoms with E-state index in [1.54, 1.807) is 18.9 Å². The fourth-order valence-corrected chi connectivity index (χ4v) is 7.02. The van der Waals surface area contributed by atoms with E-state index in [9.17, 15) is 9.59 Å². The van der Waals surface area contributed by atoms with Crippen LogP contribution in [0.2, 0.25) is 0 Å². The van der Waals surface area contributed by atoms with Crippen molar-refractivity contribution < 1.29 is 14.3 Å². The Balaban J connectivity index is 1.50. The topological polar surface area (TPSA) is 74.2 Å². The Labute approximate surface area is 214 Å². The molecule has 0 radical (unpaired) electrons. The number of carbonyl (C=O) groups is 2. The standard InChI is InChI=1S/C26H28N4O3S2/c1-16(31)27-17-9-11-18(12-10-17)28-26-30(19-7-5-4-6-8-19)24(32)23(35-26)25-29(2)21-15-20(33-3)13-14-22(21)34-25/h9-15,19H,4-8H2,1-3H3,(H,27,31). The maximum absolute atomic E-state index is 13.8. The van der Waals surface area contributed by atoms with Crippen molar-refractivity contribution in [2.75, 3.05) is 24.4 Å². The number of aliphatic imine (C=N–C) groups is 1. The van der Waals surface area contributed by atoms with Crippen molar-refractivity contribution in [3.63, 3.8) is 0 Å². The maximum atomic E-state index is 13.8. The summed E-state index contributed by atoms with van der Waals surface area (Å²) in [6, 6.07) is 13.6. The Morgan fingerprint density at radius 2 is 1.83 bits per heavy atom. The number of nitrogens with zero attached hydrogens (tertiary/aromatic N) is 3. The predicted octanol–water partition coefficient (Wildman–Crippen LogP) is 5.96. The summed E-state index contributed by atoms with van der Waals surface area (Å²) in [5, 5.41) is 4.42. The Bertz CT molecular complexity index is 1220. The number of amidine groups is 1. The molecule has 2 amide bonds. The van der Waals surface area contributed by atoms with E-state index >= 15 is 0 Å². The third-order valence-electron chi connectivity index (χ3n) is 6.40. The van der Waals surface area contributed by atoms with Crippen LogP contribution in [0.15, 0.2) is 62.3 Å². The SMILES string of the molecule is COc1ccc2c(c1)N(C)C(=C1SC(=Nc3ccc(NC(C)=O)cc3)N(C3CCCCC3)C1=O)S2. The molecular formula is C26H28N4O3S2. The molecule has 0 aromatic heterocycles. The van der Waals surface area contributed by atoms with Crippen LogP contribution < -0.4 is 15.0 Å². The minimum atomic E-state index is -0.113. The number of carbonyl (C=O) groups excluding carboxylic acids is 2. The Morgan fingerprint density at radius 3 is 2.51 bits per heavy atom. The average Bonchev–Trinajstić information content (AvgIpc) is 3.36. The summed E-state index contributed by atoms with van der Waals surface area (Å²) in [5.74, 6) is 0.712. The van der Waals surface area contributed by atoms with Crippen LogP contribution in [0.25, 0.3) is 0 Å². The molecule has 0 unspecified atom stereocenters. The summed E-state index contributed by atoms with van der Waals surface area (Å²) in [5.41, 5.74) is 2.51. The molecule has 1 saturated heterocycles. The van der Waals surface area contributed by atoms with Gasteiger partial charge >= 0.3 is 0 Å². The normalized spacial score (nSPS) is 21.6. The summed E-state index contributed by atoms with van der Waals surface area (Å²) in [6.45, 7) is 1.48. The van der Waals surface area contributed by atoms with E-state index in [2.05, 4.69) is 10.2 Å². The third kappa shape index (κ3) is 4.79. The number of amides is 2. The van der Waals surface area contributed by atoms with Crippen LogP contribution in [0, 0.1) is 0 Å². The van der Waals surface area contributed by atoms with Gasteiger partial charge in [-0.3, -0.25) is 14.5 Å². The van der Waals surface area contributed by atoms with Crippen molar-refractivity contribution in [2.24, 2.45) is 4.99 Å². The van der Waals surface area contributed by atoms with Gasteiger partial charge in [0.15, 0.2) is 5.17 Å². The number of ether oxygens (including phenoxy) is 1. The lowest BCUT2D eigenvalue weighted by molar-refractivity contribution is -0.124. The molecule has 1 N–H and O–H groups in total. The molecule has 2 aliphatic heterocycles. The fourth-order valence-electron chi connectivity index (χ4n) is 4.64. The van der Waals surface area contributed by atoms with Gasteiger partial charge in [-0.1, -0.05) is 31.0 Å². The number of nitrogens with one attached hydrogen (secondary N) is 1. The summed E-state index contributed by atoms with van der Waals surface area (Å²) >= 11 is 3.07. The molecular weight excluding hydrogens is 480 g/mol. The van der Waals surface area contributed by atoms with Crippen LogP contribution in [0.3, 0.4) is 0 Å². The molecule has 35 heavy (non-hydrogen) atoms. The van der Waals surface area contributed by atoms with Crippen LogP contribution >= 0.6 is 23.5 Å². The minimum absolute atomic E-state index is 0.0321. The highest BCUT2D eigenvalue weighted by molar-refractivity contribution is 8.19. The maximum Gasteiger partial charge on any atom is 0.269 e. The van der Waals surface area contributed by atoms with Crippen molar-refractivity contribution in [2.45, 2.75) is 50.0 Å². The number of benzene rings is 2. The molecule has 182 valence electrons. The first-order valence-electron chi connectivity index (χ1n) is 11.8. The first kappa shape index (κ1) is 23.8. The van der Waals surface area contributed by atoms with E-state index in [0.29, 0.717) is 4.91 Å². The number of thioether (sulfide) groups is 2. The second-order valence-electron chi connectivity index (χ2n) is 8.82. The van der Waals surface area contributed by atoms with Gasteiger partial charge in [0.1, 0.15) is 10.7 Å². The van der Waals surface area contributed by atoms with Crippen molar-refractivity contribution in [1.82, 2.24) is 4.90 Å². The number of methoxy groups -OCH3 is 1. The van der Waals surface area contributed by atoms with E-state index in [4.69, 9.17) is 9.73 Å². The Morgan fingerprint density at radius 1 is 1.09 bits per heavy atom. The number of rotatable bonds is 4. The molecule has 9 heteroatoms. The molecule has 0 spiro atoms. The second-order valence-corrected chi connectivity index (χ2v) is 10.8. The minimum Gasteiger partial charge on any atom is -0.497 e. The highest BCUT2D eigenvalue weighted by Crippen LogP contribution is 2.51. The van der Waals surface area contributed by atoms with E-state index in [0.717, 1.165) is 63.6 Å². The molecule has 0 atom stereocenters. The molecule has 2 aromatic rings. The van der Waals surface area contributed by atoms with Gasteiger partial charge in [0.05, 0.1) is 23.5 Å². The molecule has 3 aliphatic rings. The van der Waals surface area contributed by atoms with Crippen molar-refractivity contribution >= 4 is 57.6 Å². The van der Waals surface area contributed by atoms with E-state index < -0.39 is 0 Å². The first-order valence-corrected chi connectivity index (χ1v) is 13.4. The zero-order valence-corrected chi connectivity index (χ0v) is 21.7. The van der Waals surface area contributed by atoms with Gasteiger partial charge < -0.3 is 15.0 Å². The lowest BCUT2D eigenvalue weighted by Crippen LogP contribution is -2.40. The molecule has 5 rings (SSSR count). The second kappa shape index (κ2) is 9.99. The lowest BCUT2D eigenvalue weighted by atomic mass is 9.94. The van der Waals surface area contributed by atoms with Gasteiger partial charge in [0.25, 0.3) is 5.91 Å². The monoisotopic (exact) mass is 508 g/mol. The van der Waals surface area contributed by atoms with E-state index in [1.165, 1.54) is 25.1 Å². The van der Waals surface area contributed by atoms with Gasteiger partial charge in [-0.25, -0.2) is 4.99 Å². The highest BCUT2D eigenvalue weighted by Gasteiger charge is 2.42. The lowest BCUT2D eigenvalue weighted by Gasteiger charge is -2.30. The van der Waals surface area contributed by atoms with E-state index in [1.807, 2.05) is 54.4 Å². The molecule has 2 fully saturated rings. The smallest absolute Gasteiger partial charge is 0.269 e. The van der Waals surface area contributed by atoms with Crippen LogP contribution in [-0.4, -0.2) is 42.1 Å². The van der Waals surface area contributed by atoms with Gasteiger partial charge in [-0.15, -0.1) is 0 Å². The molecule has 1 saturated carbocycles. The molecule has 7 nitrogen and oxygen atoms in total. The largest absolute Gasteiger partial charge is 0.497 e. The van der Waals surface area contributed by atoms with Crippen molar-refractivity contribution in [1.29, 1.82) is 0 Å². The van der Waals surface area contributed by atoms with Crippen molar-refractivity contribution in [3.05, 3.63) is 52.4 Å². The van der Waals surface area contributed by atoms with Crippen LogP contribution in [-0.2, 0) is 9.59 Å². The van der Waals surface area contributed by atoms with Gasteiger partial charge in [-0.2, -0.15) is 0 Å². The zero-order chi connectivity index (χ0) is 24.5. The van der Waals surface area contributed by atoms with Crippen LogP contribution in [0.1, 0.15) is 39.0 Å². The van der Waals surface area contributed by atoms with Crippen LogP contribution in [0.5, 0.6) is 5.75 Å². The highest BCUT2D eigenvalue weighted by atomic mass is 32.2. The molecule has 2 aromatic carbocycles. The number of anilines is 2. The first-order chi connectivity index (χ1) is 16.9. The quantitative estimate of drug-likeness (QED) is 0.514. The third-order valence-corrected chi connectivity index (χ3v) is 8.81. The van der Waals surface area contributed by atoms with Crippen molar-refractivity contribution in [3.8, 4) is 5.75 Å². The predicted molar refractivity (Wildman–Crippen MR) is 143 cm³/mol.